The molecule has 0 aromatic heterocycles. The zero-order chi connectivity index (χ0) is 21.6. The van der Waals surface area contributed by atoms with Gasteiger partial charge in [0.1, 0.15) is 11.7 Å². The molecule has 3 atom stereocenters. The molecule has 158 valence electrons. The number of aliphatic hydroxyl groups excluding tert-OH is 1. The Hall–Kier alpha value is -2.15. The predicted molar refractivity (Wildman–Crippen MR) is 108 cm³/mol. The van der Waals surface area contributed by atoms with Gasteiger partial charge in [-0.2, -0.15) is 0 Å². The molecule has 0 bridgehead atoms. The van der Waals surface area contributed by atoms with Crippen LogP contribution in [0.3, 0.4) is 0 Å². The zero-order valence-corrected chi connectivity index (χ0v) is 17.4. The Bertz CT molecular complexity index is 725. The van der Waals surface area contributed by atoms with Crippen molar-refractivity contribution in [3.05, 3.63) is 46.3 Å². The molecule has 2 aliphatic carbocycles. The van der Waals surface area contributed by atoms with Crippen LogP contribution in [0.15, 0.2) is 46.3 Å². The van der Waals surface area contributed by atoms with E-state index in [2.05, 4.69) is 12.2 Å². The number of hydrogen-bond acceptors (Lipinski definition) is 4. The Kier molecular flexibility index (Phi) is 8.42. The van der Waals surface area contributed by atoms with Crippen LogP contribution in [0.4, 0.5) is 8.78 Å². The summed E-state index contributed by atoms with van der Waals surface area (Å²) in [5.41, 5.74) is 12.5. The van der Waals surface area contributed by atoms with Crippen molar-refractivity contribution in [2.24, 2.45) is 28.7 Å². The molecule has 5 nitrogen and oxygen atoms in total. The van der Waals surface area contributed by atoms with Crippen LogP contribution >= 0.6 is 0 Å². The molecule has 6 N–H and O–H groups in total. The van der Waals surface area contributed by atoms with Crippen LogP contribution in [-0.4, -0.2) is 25.2 Å². The van der Waals surface area contributed by atoms with Gasteiger partial charge in [-0.1, -0.05) is 20.3 Å². The molecule has 0 spiro atoms. The van der Waals surface area contributed by atoms with Gasteiger partial charge in [-0.05, 0) is 49.3 Å². The van der Waals surface area contributed by atoms with E-state index in [1.807, 2.05) is 6.92 Å². The molecule has 28 heavy (non-hydrogen) atoms. The summed E-state index contributed by atoms with van der Waals surface area (Å²) in [5.74, 6) is -1.11. The summed E-state index contributed by atoms with van der Waals surface area (Å²) in [5, 5.41) is 9.67. The van der Waals surface area contributed by atoms with Crippen molar-refractivity contribution in [3.8, 4) is 0 Å². The minimum absolute atomic E-state index is 0.0109. The Morgan fingerprint density at radius 1 is 1.43 bits per heavy atom. The molecule has 0 saturated carbocycles. The summed E-state index contributed by atoms with van der Waals surface area (Å²) in [4.78, 5) is 12.5. The van der Waals surface area contributed by atoms with Crippen LogP contribution < -0.4 is 16.8 Å². The number of rotatable bonds is 4. The normalized spacial score (nSPS) is 28.4. The van der Waals surface area contributed by atoms with Crippen LogP contribution in [0.25, 0.3) is 0 Å². The van der Waals surface area contributed by atoms with Crippen LogP contribution in [0.2, 0.25) is 0 Å². The van der Waals surface area contributed by atoms with Gasteiger partial charge in [0.2, 0.25) is 5.91 Å². The molecular formula is C21H33F2N3O2. The van der Waals surface area contributed by atoms with Gasteiger partial charge in [0, 0.05) is 32.0 Å². The van der Waals surface area contributed by atoms with Crippen molar-refractivity contribution in [1.82, 2.24) is 5.32 Å². The summed E-state index contributed by atoms with van der Waals surface area (Å²) in [6, 6.07) is 0. The van der Waals surface area contributed by atoms with E-state index in [1.165, 1.54) is 6.08 Å². The van der Waals surface area contributed by atoms with Crippen LogP contribution in [0.1, 0.15) is 46.5 Å². The lowest BCUT2D eigenvalue weighted by atomic mass is 9.64. The Morgan fingerprint density at radius 2 is 2.04 bits per heavy atom. The minimum atomic E-state index is -0.873. The fourth-order valence-corrected chi connectivity index (χ4v) is 4.04. The number of hydrogen-bond donors (Lipinski definition) is 4. The third kappa shape index (κ3) is 4.46. The standard InChI is InChI=1S/C20H29F2N3O.CH4O/c1-5-12-10-20(3,19(26)25-4)18(24)13(11(12)2)9-16(23)17-14(21)7-6-8-15(17)22;1-2/h7,9,11-12H,5-6,8,10,23-24H2,1-4H3,(H,25,26);2H,1H3/b16-9-;/t11-,12?,20-;/m0./s1. The summed E-state index contributed by atoms with van der Waals surface area (Å²) in [7, 11) is 2.58. The fourth-order valence-electron chi connectivity index (χ4n) is 4.04. The van der Waals surface area contributed by atoms with Crippen molar-refractivity contribution in [1.29, 1.82) is 0 Å². The third-order valence-corrected chi connectivity index (χ3v) is 5.82. The summed E-state index contributed by atoms with van der Waals surface area (Å²) in [6.07, 6.45) is 4.83. The number of nitrogens with one attached hydrogen (secondary N) is 1. The number of aliphatic hydroxyl groups is 1. The number of halogens is 2. The number of amides is 1. The third-order valence-electron chi connectivity index (χ3n) is 5.82. The molecule has 0 aliphatic heterocycles. The van der Waals surface area contributed by atoms with Crippen molar-refractivity contribution in [3.63, 3.8) is 0 Å². The highest BCUT2D eigenvalue weighted by Crippen LogP contribution is 2.46. The van der Waals surface area contributed by atoms with Crippen molar-refractivity contribution < 1.29 is 18.7 Å². The zero-order valence-electron chi connectivity index (χ0n) is 17.4. The number of allylic oxidation sites excluding steroid dienone is 5. The molecular weight excluding hydrogens is 364 g/mol. The van der Waals surface area contributed by atoms with Gasteiger partial charge in [-0.3, -0.25) is 4.79 Å². The SMILES string of the molecule is CCC1C[C@](C)(C(=O)NC)C(N)=C(/C=C(\N)C2=C(F)CCC=C2F)[C@H]1C.CO. The first-order valence-electron chi connectivity index (χ1n) is 9.56. The van der Waals surface area contributed by atoms with Gasteiger partial charge >= 0.3 is 0 Å². The van der Waals surface area contributed by atoms with E-state index >= 15 is 0 Å². The second kappa shape index (κ2) is 9.87. The first-order valence-corrected chi connectivity index (χ1v) is 9.56. The number of carbonyl (C=O) groups is 1. The molecule has 0 saturated heterocycles. The lowest BCUT2D eigenvalue weighted by Gasteiger charge is -2.41. The van der Waals surface area contributed by atoms with Crippen molar-refractivity contribution in [2.75, 3.05) is 14.2 Å². The summed E-state index contributed by atoms with van der Waals surface area (Å²) < 4.78 is 28.2. The topological polar surface area (TPSA) is 101 Å². The van der Waals surface area contributed by atoms with Gasteiger partial charge in [0.05, 0.1) is 11.0 Å². The van der Waals surface area contributed by atoms with Crippen LogP contribution in [0, 0.1) is 17.3 Å². The molecule has 0 fully saturated rings. The van der Waals surface area contributed by atoms with E-state index in [1.54, 1.807) is 20.0 Å². The van der Waals surface area contributed by atoms with Crippen molar-refractivity contribution >= 4 is 5.91 Å². The average Bonchev–Trinajstić information content (AvgIpc) is 2.68. The predicted octanol–water partition coefficient (Wildman–Crippen LogP) is 3.34. The fraction of sp³-hybridized carbons (Fsp3) is 0.571. The molecule has 0 aromatic carbocycles. The molecule has 2 rings (SSSR count). The maximum atomic E-state index is 14.1. The second-order valence-electron chi connectivity index (χ2n) is 7.41. The molecule has 0 aromatic rings. The largest absolute Gasteiger partial charge is 0.401 e. The van der Waals surface area contributed by atoms with E-state index in [-0.39, 0.29) is 35.4 Å². The highest BCUT2D eigenvalue weighted by molar-refractivity contribution is 5.85. The number of carbonyl (C=O) groups excluding carboxylic acids is 1. The first kappa shape index (κ1) is 23.9. The van der Waals surface area contributed by atoms with Crippen molar-refractivity contribution in [2.45, 2.75) is 46.5 Å². The molecule has 1 amide bonds. The average molecular weight is 398 g/mol. The second-order valence-corrected chi connectivity index (χ2v) is 7.41. The number of nitrogens with two attached hydrogens (primary N) is 2. The van der Waals surface area contributed by atoms with Gasteiger partial charge in [0.15, 0.2) is 0 Å². The van der Waals surface area contributed by atoms with Gasteiger partial charge in [-0.15, -0.1) is 0 Å². The molecule has 0 radical (unpaired) electrons. The highest BCUT2D eigenvalue weighted by Gasteiger charge is 2.44. The van der Waals surface area contributed by atoms with Crippen LogP contribution in [0.5, 0.6) is 0 Å². The lowest BCUT2D eigenvalue weighted by Crippen LogP contribution is -2.46. The Balaban J connectivity index is 0.00000190. The molecule has 1 unspecified atom stereocenters. The smallest absolute Gasteiger partial charge is 0.231 e. The van der Waals surface area contributed by atoms with E-state index in [4.69, 9.17) is 16.6 Å². The molecule has 0 heterocycles. The molecule has 7 heteroatoms. The highest BCUT2D eigenvalue weighted by atomic mass is 19.1. The Morgan fingerprint density at radius 3 is 2.54 bits per heavy atom. The quantitative estimate of drug-likeness (QED) is 0.584. The van der Waals surface area contributed by atoms with Gasteiger partial charge in [0.25, 0.3) is 0 Å². The van der Waals surface area contributed by atoms with E-state index in [9.17, 15) is 13.6 Å². The minimum Gasteiger partial charge on any atom is -0.401 e. The maximum absolute atomic E-state index is 14.1. The maximum Gasteiger partial charge on any atom is 0.231 e. The monoisotopic (exact) mass is 397 g/mol. The Labute approximate surface area is 166 Å². The van der Waals surface area contributed by atoms with E-state index in [0.29, 0.717) is 24.1 Å². The van der Waals surface area contributed by atoms with E-state index < -0.39 is 17.1 Å². The van der Waals surface area contributed by atoms with Gasteiger partial charge < -0.3 is 21.9 Å². The first-order chi connectivity index (χ1) is 13.2. The molecule has 2 aliphatic rings. The summed E-state index contributed by atoms with van der Waals surface area (Å²) in [6.45, 7) is 5.88. The van der Waals surface area contributed by atoms with Crippen LogP contribution in [-0.2, 0) is 4.79 Å². The van der Waals surface area contributed by atoms with E-state index in [0.717, 1.165) is 13.5 Å². The summed E-state index contributed by atoms with van der Waals surface area (Å²) >= 11 is 0. The lowest BCUT2D eigenvalue weighted by molar-refractivity contribution is -0.129. The van der Waals surface area contributed by atoms with Gasteiger partial charge in [-0.25, -0.2) is 8.78 Å².